The Hall–Kier alpha value is -1.59. The molecule has 1 N–H and O–H groups in total. The highest BCUT2D eigenvalue weighted by molar-refractivity contribution is 5.79. The van der Waals surface area contributed by atoms with Crippen LogP contribution in [-0.4, -0.2) is 29.3 Å². The van der Waals surface area contributed by atoms with E-state index in [-0.39, 0.29) is 6.42 Å². The predicted molar refractivity (Wildman–Crippen MR) is 48.8 cm³/mol. The Morgan fingerprint density at radius 3 is 2.27 bits per heavy atom. The van der Waals surface area contributed by atoms with Crippen molar-refractivity contribution >= 4 is 17.9 Å². The number of esters is 2. The van der Waals surface area contributed by atoms with Gasteiger partial charge in [-0.2, -0.15) is 0 Å². The topological polar surface area (TPSA) is 89.9 Å². The Labute approximate surface area is 87.2 Å². The molecule has 0 fully saturated rings. The van der Waals surface area contributed by atoms with E-state index >= 15 is 0 Å². The van der Waals surface area contributed by atoms with E-state index in [1.165, 1.54) is 0 Å². The maximum atomic E-state index is 11.0. The van der Waals surface area contributed by atoms with E-state index in [2.05, 4.69) is 9.47 Å². The summed E-state index contributed by atoms with van der Waals surface area (Å²) in [4.78, 5) is 32.0. The highest BCUT2D eigenvalue weighted by Gasteiger charge is 2.24. The second kappa shape index (κ2) is 6.80. The molecular formula is C9H14O6. The van der Waals surface area contributed by atoms with Gasteiger partial charge in [0, 0.05) is 13.3 Å². The molecule has 0 saturated heterocycles. The van der Waals surface area contributed by atoms with Gasteiger partial charge in [-0.05, 0) is 6.42 Å². The maximum absolute atomic E-state index is 11.0. The minimum absolute atomic E-state index is 0.113. The Morgan fingerprint density at radius 1 is 1.27 bits per heavy atom. The summed E-state index contributed by atoms with van der Waals surface area (Å²) in [5.41, 5.74) is 0. The molecule has 0 aromatic rings. The molecule has 1 atom stereocenters. The van der Waals surface area contributed by atoms with Crippen molar-refractivity contribution in [3.05, 3.63) is 0 Å². The van der Waals surface area contributed by atoms with E-state index in [9.17, 15) is 14.4 Å². The number of ether oxygens (including phenoxy) is 2. The largest absolute Gasteiger partial charge is 0.476 e. The number of hydrogen-bond donors (Lipinski definition) is 1. The van der Waals surface area contributed by atoms with Crippen LogP contribution in [0.1, 0.15) is 33.1 Å². The molecule has 0 rings (SSSR count). The molecule has 86 valence electrons. The molecule has 0 aromatic heterocycles. The van der Waals surface area contributed by atoms with Gasteiger partial charge in [0.2, 0.25) is 0 Å². The number of hydrogen-bond acceptors (Lipinski definition) is 5. The van der Waals surface area contributed by atoms with Crippen LogP contribution in [0.5, 0.6) is 0 Å². The summed E-state index contributed by atoms with van der Waals surface area (Å²) < 4.78 is 8.72. The van der Waals surface area contributed by atoms with Crippen LogP contribution in [0.2, 0.25) is 0 Å². The Kier molecular flexibility index (Phi) is 6.08. The first-order valence-electron chi connectivity index (χ1n) is 4.56. The van der Waals surface area contributed by atoms with E-state index < -0.39 is 24.2 Å². The zero-order valence-corrected chi connectivity index (χ0v) is 8.69. The zero-order valence-electron chi connectivity index (χ0n) is 8.69. The van der Waals surface area contributed by atoms with Crippen molar-refractivity contribution in [1.29, 1.82) is 0 Å². The SMILES string of the molecule is CCCCC(=O)OC(OC(C)=O)C(=O)O. The fourth-order valence-electron chi connectivity index (χ4n) is 0.775. The molecule has 0 radical (unpaired) electrons. The van der Waals surface area contributed by atoms with Crippen LogP contribution in [0.3, 0.4) is 0 Å². The molecule has 6 nitrogen and oxygen atoms in total. The lowest BCUT2D eigenvalue weighted by Crippen LogP contribution is -2.31. The molecule has 6 heteroatoms. The van der Waals surface area contributed by atoms with E-state index in [0.717, 1.165) is 13.3 Å². The number of carbonyl (C=O) groups is 3. The van der Waals surface area contributed by atoms with Gasteiger partial charge >= 0.3 is 24.2 Å². The van der Waals surface area contributed by atoms with Crippen molar-refractivity contribution in [3.63, 3.8) is 0 Å². The molecule has 0 aliphatic carbocycles. The normalized spacial score (nSPS) is 11.6. The van der Waals surface area contributed by atoms with Gasteiger partial charge in [-0.15, -0.1) is 0 Å². The lowest BCUT2D eigenvalue weighted by atomic mass is 10.2. The number of rotatable bonds is 6. The minimum atomic E-state index is -1.84. The van der Waals surface area contributed by atoms with E-state index in [0.29, 0.717) is 6.42 Å². The zero-order chi connectivity index (χ0) is 11.8. The number of aliphatic carboxylic acids is 1. The second-order valence-electron chi connectivity index (χ2n) is 2.87. The lowest BCUT2D eigenvalue weighted by molar-refractivity contribution is -0.200. The van der Waals surface area contributed by atoms with Crippen molar-refractivity contribution in [2.24, 2.45) is 0 Å². The van der Waals surface area contributed by atoms with Gasteiger partial charge in [0.1, 0.15) is 0 Å². The lowest BCUT2D eigenvalue weighted by Gasteiger charge is -2.12. The summed E-state index contributed by atoms with van der Waals surface area (Å²) in [7, 11) is 0. The molecular weight excluding hydrogens is 204 g/mol. The average Bonchev–Trinajstić information content (AvgIpc) is 2.12. The third-order valence-electron chi connectivity index (χ3n) is 1.45. The second-order valence-corrected chi connectivity index (χ2v) is 2.87. The number of unbranched alkanes of at least 4 members (excludes halogenated alkanes) is 1. The summed E-state index contributed by atoms with van der Waals surface area (Å²) in [5.74, 6) is -3.01. The first kappa shape index (κ1) is 13.4. The van der Waals surface area contributed by atoms with Crippen LogP contribution in [0.4, 0.5) is 0 Å². The highest BCUT2D eigenvalue weighted by Crippen LogP contribution is 2.02. The smallest absolute Gasteiger partial charge is 0.387 e. The molecule has 0 spiro atoms. The Bertz CT molecular complexity index is 247. The number of carbonyl (C=O) groups excluding carboxylic acids is 2. The minimum Gasteiger partial charge on any atom is -0.476 e. The van der Waals surface area contributed by atoms with Crippen LogP contribution in [-0.2, 0) is 23.9 Å². The van der Waals surface area contributed by atoms with Crippen LogP contribution in [0.25, 0.3) is 0 Å². The van der Waals surface area contributed by atoms with Crippen molar-refractivity contribution in [1.82, 2.24) is 0 Å². The fraction of sp³-hybridized carbons (Fsp3) is 0.667. The third kappa shape index (κ3) is 6.48. The molecule has 0 heterocycles. The monoisotopic (exact) mass is 218 g/mol. The van der Waals surface area contributed by atoms with Crippen molar-refractivity contribution in [3.8, 4) is 0 Å². The molecule has 0 saturated carbocycles. The summed E-state index contributed by atoms with van der Waals surface area (Å²) in [6.07, 6.45) is -0.334. The first-order valence-corrected chi connectivity index (χ1v) is 4.56. The average molecular weight is 218 g/mol. The molecule has 0 aromatic carbocycles. The molecule has 0 aliphatic rings. The number of carboxylic acids is 1. The van der Waals surface area contributed by atoms with Crippen LogP contribution in [0.15, 0.2) is 0 Å². The maximum Gasteiger partial charge on any atom is 0.387 e. The third-order valence-corrected chi connectivity index (χ3v) is 1.45. The van der Waals surface area contributed by atoms with Crippen molar-refractivity contribution in [2.45, 2.75) is 39.4 Å². The first-order chi connectivity index (χ1) is 6.97. The molecule has 1 unspecified atom stereocenters. The van der Waals surface area contributed by atoms with E-state index in [4.69, 9.17) is 5.11 Å². The standard InChI is InChI=1S/C9H14O6/c1-3-4-5-7(11)15-9(8(12)13)14-6(2)10/h9H,3-5H2,1-2H3,(H,12,13). The molecule has 15 heavy (non-hydrogen) atoms. The summed E-state index contributed by atoms with van der Waals surface area (Å²) in [5, 5.41) is 8.54. The van der Waals surface area contributed by atoms with Crippen LogP contribution in [0, 0.1) is 0 Å². The van der Waals surface area contributed by atoms with Crippen LogP contribution >= 0.6 is 0 Å². The predicted octanol–water partition coefficient (Wildman–Crippen LogP) is 0.694. The van der Waals surface area contributed by atoms with Crippen LogP contribution < -0.4 is 0 Å². The van der Waals surface area contributed by atoms with Gasteiger partial charge in [0.15, 0.2) is 0 Å². The van der Waals surface area contributed by atoms with Crippen molar-refractivity contribution < 1.29 is 29.0 Å². The van der Waals surface area contributed by atoms with Gasteiger partial charge in [-0.3, -0.25) is 9.59 Å². The van der Waals surface area contributed by atoms with Gasteiger partial charge in [-0.1, -0.05) is 13.3 Å². The molecule has 0 aliphatic heterocycles. The molecule has 0 amide bonds. The van der Waals surface area contributed by atoms with Gasteiger partial charge in [-0.25, -0.2) is 4.79 Å². The van der Waals surface area contributed by atoms with Gasteiger partial charge in [0.25, 0.3) is 0 Å². The molecule has 0 bridgehead atoms. The van der Waals surface area contributed by atoms with E-state index in [1.54, 1.807) is 0 Å². The Morgan fingerprint density at radius 2 is 1.87 bits per heavy atom. The van der Waals surface area contributed by atoms with Gasteiger partial charge in [0.05, 0.1) is 0 Å². The Balaban J connectivity index is 4.10. The van der Waals surface area contributed by atoms with Gasteiger partial charge < -0.3 is 14.6 Å². The fourth-order valence-corrected chi connectivity index (χ4v) is 0.775. The summed E-state index contributed by atoms with van der Waals surface area (Å²) in [6, 6.07) is 0. The van der Waals surface area contributed by atoms with Crippen molar-refractivity contribution in [2.75, 3.05) is 0 Å². The van der Waals surface area contributed by atoms with E-state index in [1.807, 2.05) is 6.92 Å². The summed E-state index contributed by atoms with van der Waals surface area (Å²) in [6.45, 7) is 2.92. The highest BCUT2D eigenvalue weighted by atomic mass is 16.7. The quantitative estimate of drug-likeness (QED) is 0.521. The summed E-state index contributed by atoms with van der Waals surface area (Å²) >= 11 is 0. The number of carboxylic acid groups (broad SMARTS) is 1.